The maximum atomic E-state index is 13.5. The van der Waals surface area contributed by atoms with E-state index in [0.717, 1.165) is 24.8 Å². The lowest BCUT2D eigenvalue weighted by molar-refractivity contribution is 0.100. The van der Waals surface area contributed by atoms with Crippen LogP contribution in [0.2, 0.25) is 5.02 Å². The molecule has 0 aliphatic heterocycles. The number of pyridine rings is 1. The van der Waals surface area contributed by atoms with Crippen molar-refractivity contribution >= 4 is 34.4 Å². The Labute approximate surface area is 161 Å². The second-order valence-corrected chi connectivity index (χ2v) is 6.56. The zero-order chi connectivity index (χ0) is 19.4. The maximum absolute atomic E-state index is 13.5. The van der Waals surface area contributed by atoms with Crippen LogP contribution in [0.25, 0.3) is 11.0 Å². The SMILES string of the molecule is CCCC[C@@H](Nc1ncnc2c(C(N)=O)ccnc12)c1ccc(F)c(Cl)c1. The third kappa shape index (κ3) is 4.14. The number of fused-ring (bicyclic) bond motifs is 1. The Morgan fingerprint density at radius 2 is 2.07 bits per heavy atom. The van der Waals surface area contributed by atoms with Gasteiger partial charge in [-0.2, -0.15) is 0 Å². The molecule has 0 aliphatic carbocycles. The van der Waals surface area contributed by atoms with E-state index in [-0.39, 0.29) is 16.6 Å². The van der Waals surface area contributed by atoms with Crippen molar-refractivity contribution in [2.75, 3.05) is 5.32 Å². The summed E-state index contributed by atoms with van der Waals surface area (Å²) in [5, 5.41) is 3.41. The largest absolute Gasteiger partial charge is 0.366 e. The molecule has 1 amide bonds. The Bertz CT molecular complexity index is 981. The van der Waals surface area contributed by atoms with Gasteiger partial charge in [0.1, 0.15) is 23.2 Å². The Hall–Kier alpha value is -2.80. The van der Waals surface area contributed by atoms with E-state index in [4.69, 9.17) is 17.3 Å². The lowest BCUT2D eigenvalue weighted by atomic mass is 10.0. The summed E-state index contributed by atoms with van der Waals surface area (Å²) in [6.45, 7) is 2.09. The molecule has 140 valence electrons. The van der Waals surface area contributed by atoms with Crippen LogP contribution in [-0.4, -0.2) is 20.9 Å². The van der Waals surface area contributed by atoms with E-state index in [9.17, 15) is 9.18 Å². The van der Waals surface area contributed by atoms with Gasteiger partial charge in [-0.3, -0.25) is 9.78 Å². The number of hydrogen-bond acceptors (Lipinski definition) is 5. The number of rotatable bonds is 7. The number of primary amides is 1. The van der Waals surface area contributed by atoms with Gasteiger partial charge in [-0.25, -0.2) is 14.4 Å². The lowest BCUT2D eigenvalue weighted by Crippen LogP contribution is -2.15. The normalized spacial score (nSPS) is 12.1. The number of nitrogens with zero attached hydrogens (tertiary/aromatic N) is 3. The highest BCUT2D eigenvalue weighted by molar-refractivity contribution is 6.30. The molecule has 2 heterocycles. The predicted octanol–water partition coefficient (Wildman–Crippen LogP) is 4.26. The molecule has 1 aromatic carbocycles. The molecule has 3 aromatic rings. The van der Waals surface area contributed by atoms with Gasteiger partial charge in [0.2, 0.25) is 0 Å². The number of benzene rings is 1. The third-order valence-corrected chi connectivity index (χ3v) is 4.58. The van der Waals surface area contributed by atoms with Crippen LogP contribution in [0.3, 0.4) is 0 Å². The molecule has 0 radical (unpaired) electrons. The van der Waals surface area contributed by atoms with Crippen LogP contribution in [0.5, 0.6) is 0 Å². The number of halogens is 2. The van der Waals surface area contributed by atoms with Gasteiger partial charge in [-0.05, 0) is 30.2 Å². The first-order valence-electron chi connectivity index (χ1n) is 8.62. The van der Waals surface area contributed by atoms with E-state index < -0.39 is 11.7 Å². The summed E-state index contributed by atoms with van der Waals surface area (Å²) in [5.74, 6) is -0.570. The lowest BCUT2D eigenvalue weighted by Gasteiger charge is -2.20. The average Bonchev–Trinajstić information content (AvgIpc) is 2.66. The Balaban J connectivity index is 2.02. The molecular weight excluding hydrogens is 369 g/mol. The van der Waals surface area contributed by atoms with E-state index in [1.807, 2.05) is 0 Å². The number of carbonyl (C=O) groups excluding carboxylic acids is 1. The molecular formula is C19H19ClFN5O. The zero-order valence-corrected chi connectivity index (χ0v) is 15.5. The maximum Gasteiger partial charge on any atom is 0.251 e. The summed E-state index contributed by atoms with van der Waals surface area (Å²) < 4.78 is 13.5. The van der Waals surface area contributed by atoms with Crippen molar-refractivity contribution in [2.24, 2.45) is 5.73 Å². The van der Waals surface area contributed by atoms with Gasteiger partial charge in [-0.15, -0.1) is 0 Å². The molecule has 1 atom stereocenters. The molecule has 3 rings (SSSR count). The molecule has 8 heteroatoms. The van der Waals surface area contributed by atoms with Crippen molar-refractivity contribution < 1.29 is 9.18 Å². The van der Waals surface area contributed by atoms with Gasteiger partial charge >= 0.3 is 0 Å². The average molecular weight is 388 g/mol. The highest BCUT2D eigenvalue weighted by Crippen LogP contribution is 2.29. The molecule has 27 heavy (non-hydrogen) atoms. The molecule has 0 fully saturated rings. The summed E-state index contributed by atoms with van der Waals surface area (Å²) in [5.41, 5.74) is 7.37. The van der Waals surface area contributed by atoms with Crippen LogP contribution in [0.1, 0.15) is 48.1 Å². The number of unbranched alkanes of at least 4 members (excludes halogenated alkanes) is 1. The van der Waals surface area contributed by atoms with Crippen LogP contribution in [0.15, 0.2) is 36.8 Å². The molecule has 0 aliphatic rings. The standard InChI is InChI=1S/C19H19ClFN5O/c1-2-3-4-15(11-5-6-14(21)13(20)9-11)26-19-17-16(24-10-25-19)12(18(22)27)7-8-23-17/h5-10,15H,2-4H2,1H3,(H2,22,27)(H,24,25,26)/t15-/m1/s1. The summed E-state index contributed by atoms with van der Waals surface area (Å²) in [4.78, 5) is 24.4. The number of nitrogens with one attached hydrogen (secondary N) is 1. The second-order valence-electron chi connectivity index (χ2n) is 6.15. The van der Waals surface area contributed by atoms with Gasteiger partial charge in [-0.1, -0.05) is 37.4 Å². The van der Waals surface area contributed by atoms with Crippen LogP contribution in [0, 0.1) is 5.82 Å². The third-order valence-electron chi connectivity index (χ3n) is 4.29. The van der Waals surface area contributed by atoms with Crippen molar-refractivity contribution in [3.63, 3.8) is 0 Å². The van der Waals surface area contributed by atoms with Crippen molar-refractivity contribution in [1.29, 1.82) is 0 Å². The van der Waals surface area contributed by atoms with Gasteiger partial charge in [0, 0.05) is 6.20 Å². The molecule has 0 bridgehead atoms. The fourth-order valence-electron chi connectivity index (χ4n) is 2.89. The van der Waals surface area contributed by atoms with E-state index in [1.165, 1.54) is 24.7 Å². The fraction of sp³-hybridized carbons (Fsp3) is 0.263. The minimum Gasteiger partial charge on any atom is -0.366 e. The summed E-state index contributed by atoms with van der Waals surface area (Å²) in [6.07, 6.45) is 5.59. The predicted molar refractivity (Wildman–Crippen MR) is 103 cm³/mol. The first kappa shape index (κ1) is 19.0. The van der Waals surface area contributed by atoms with E-state index >= 15 is 0 Å². The number of hydrogen-bond donors (Lipinski definition) is 2. The molecule has 0 saturated carbocycles. The highest BCUT2D eigenvalue weighted by atomic mass is 35.5. The zero-order valence-electron chi connectivity index (χ0n) is 14.7. The molecule has 3 N–H and O–H groups in total. The van der Waals surface area contributed by atoms with Crippen molar-refractivity contribution in [2.45, 2.75) is 32.2 Å². The smallest absolute Gasteiger partial charge is 0.251 e. The van der Waals surface area contributed by atoms with Gasteiger partial charge in [0.25, 0.3) is 5.91 Å². The fourth-order valence-corrected chi connectivity index (χ4v) is 3.08. The summed E-state index contributed by atoms with van der Waals surface area (Å²) in [7, 11) is 0. The molecule has 0 spiro atoms. The second kappa shape index (κ2) is 8.26. The van der Waals surface area contributed by atoms with Gasteiger partial charge in [0.15, 0.2) is 5.82 Å². The van der Waals surface area contributed by atoms with Crippen molar-refractivity contribution in [1.82, 2.24) is 15.0 Å². The molecule has 0 saturated heterocycles. The van der Waals surface area contributed by atoms with Crippen molar-refractivity contribution in [3.8, 4) is 0 Å². The van der Waals surface area contributed by atoms with Crippen LogP contribution in [-0.2, 0) is 0 Å². The van der Waals surface area contributed by atoms with E-state index in [2.05, 4.69) is 27.2 Å². The monoisotopic (exact) mass is 387 g/mol. The minimum absolute atomic E-state index is 0.0671. The van der Waals surface area contributed by atoms with Crippen LogP contribution >= 0.6 is 11.6 Å². The number of anilines is 1. The Morgan fingerprint density at radius 1 is 1.26 bits per heavy atom. The van der Waals surface area contributed by atoms with Gasteiger partial charge < -0.3 is 11.1 Å². The summed E-state index contributed by atoms with van der Waals surface area (Å²) >= 11 is 5.95. The van der Waals surface area contributed by atoms with Crippen LogP contribution in [0.4, 0.5) is 10.2 Å². The van der Waals surface area contributed by atoms with Crippen LogP contribution < -0.4 is 11.1 Å². The van der Waals surface area contributed by atoms with Gasteiger partial charge in [0.05, 0.1) is 16.6 Å². The number of amides is 1. The molecule has 0 unspecified atom stereocenters. The number of carbonyl (C=O) groups is 1. The number of aromatic nitrogens is 3. The van der Waals surface area contributed by atoms with Crippen molar-refractivity contribution in [3.05, 3.63) is 58.8 Å². The van der Waals surface area contributed by atoms with E-state index in [0.29, 0.717) is 16.9 Å². The Kier molecular flexibility index (Phi) is 5.81. The summed E-state index contributed by atoms with van der Waals surface area (Å²) in [6, 6.07) is 6.02. The molecule has 6 nitrogen and oxygen atoms in total. The topological polar surface area (TPSA) is 93.8 Å². The molecule has 2 aromatic heterocycles. The first-order chi connectivity index (χ1) is 13.0. The Morgan fingerprint density at radius 3 is 2.78 bits per heavy atom. The highest BCUT2D eigenvalue weighted by Gasteiger charge is 2.17. The quantitative estimate of drug-likeness (QED) is 0.631. The van der Waals surface area contributed by atoms with E-state index in [1.54, 1.807) is 12.1 Å². The number of nitrogens with two attached hydrogens (primary N) is 1. The first-order valence-corrected chi connectivity index (χ1v) is 9.00. The minimum atomic E-state index is -0.583.